The van der Waals surface area contributed by atoms with Crippen LogP contribution in [0.15, 0.2) is 24.3 Å². The first-order valence-corrected chi connectivity index (χ1v) is 4.66. The van der Waals surface area contributed by atoms with Gasteiger partial charge in [0.1, 0.15) is 18.1 Å². The maximum atomic E-state index is 10.1. The fraction of sp³-hybridized carbons (Fsp3) is 0.364. The zero-order valence-electron chi connectivity index (χ0n) is 8.23. The Morgan fingerprint density at radius 2 is 2.00 bits per heavy atom. The average molecular weight is 194 g/mol. The number of carbonyl (C=O) groups excluding carboxylic acids is 1. The summed E-state index contributed by atoms with van der Waals surface area (Å²) in [5.74, 6) is 1.43. The summed E-state index contributed by atoms with van der Waals surface area (Å²) in [6.07, 6.45) is 1.69. The summed E-state index contributed by atoms with van der Waals surface area (Å²) in [5.41, 5.74) is 0. The molecule has 0 bridgehead atoms. The van der Waals surface area contributed by atoms with Crippen LogP contribution in [0.4, 0.5) is 0 Å². The van der Waals surface area contributed by atoms with Crippen molar-refractivity contribution in [2.45, 2.75) is 13.3 Å². The van der Waals surface area contributed by atoms with Crippen molar-refractivity contribution in [2.75, 3.05) is 13.2 Å². The van der Waals surface area contributed by atoms with E-state index in [4.69, 9.17) is 9.47 Å². The molecule has 0 fully saturated rings. The first-order valence-electron chi connectivity index (χ1n) is 4.66. The second-order valence-corrected chi connectivity index (χ2v) is 2.80. The number of hydrogen-bond acceptors (Lipinski definition) is 3. The summed E-state index contributed by atoms with van der Waals surface area (Å²) < 4.78 is 10.5. The topological polar surface area (TPSA) is 35.5 Å². The normalized spacial score (nSPS) is 9.50. The molecule has 1 rings (SSSR count). The molecule has 0 amide bonds. The molecule has 0 aliphatic rings. The van der Waals surface area contributed by atoms with Crippen molar-refractivity contribution < 1.29 is 14.3 Å². The molecule has 14 heavy (non-hydrogen) atoms. The van der Waals surface area contributed by atoms with Gasteiger partial charge >= 0.3 is 0 Å². The standard InChI is InChI=1S/C11H14O3/c1-2-7-13-10-4-3-5-11(9-10)14-8-6-12/h3-6,9H,2,7-8H2,1H3. The van der Waals surface area contributed by atoms with E-state index in [0.717, 1.165) is 18.5 Å². The van der Waals surface area contributed by atoms with Gasteiger partial charge in [-0.3, -0.25) is 4.79 Å². The highest BCUT2D eigenvalue weighted by molar-refractivity contribution is 5.51. The lowest BCUT2D eigenvalue weighted by atomic mass is 10.3. The van der Waals surface area contributed by atoms with E-state index in [1.165, 1.54) is 0 Å². The molecule has 1 aromatic carbocycles. The molecule has 0 heterocycles. The minimum absolute atomic E-state index is 0.0806. The largest absolute Gasteiger partial charge is 0.493 e. The Morgan fingerprint density at radius 3 is 2.64 bits per heavy atom. The SMILES string of the molecule is CCCOc1cccc(OCC=O)c1. The van der Waals surface area contributed by atoms with Crippen molar-refractivity contribution in [1.82, 2.24) is 0 Å². The Balaban J connectivity index is 2.54. The third kappa shape index (κ3) is 3.47. The first kappa shape index (κ1) is 10.6. The van der Waals surface area contributed by atoms with Gasteiger partial charge in [0.25, 0.3) is 0 Å². The zero-order valence-corrected chi connectivity index (χ0v) is 8.23. The van der Waals surface area contributed by atoms with Crippen molar-refractivity contribution in [3.63, 3.8) is 0 Å². The summed E-state index contributed by atoms with van der Waals surface area (Å²) in [6, 6.07) is 7.27. The number of hydrogen-bond donors (Lipinski definition) is 0. The summed E-state index contributed by atoms with van der Waals surface area (Å²) in [4.78, 5) is 10.1. The van der Waals surface area contributed by atoms with Crippen LogP contribution in [0.5, 0.6) is 11.5 Å². The van der Waals surface area contributed by atoms with E-state index in [1.807, 2.05) is 19.1 Å². The third-order valence-corrected chi connectivity index (χ3v) is 1.60. The van der Waals surface area contributed by atoms with Gasteiger partial charge < -0.3 is 9.47 Å². The van der Waals surface area contributed by atoms with Gasteiger partial charge in [0, 0.05) is 6.07 Å². The second-order valence-electron chi connectivity index (χ2n) is 2.80. The van der Waals surface area contributed by atoms with Crippen LogP contribution in [0, 0.1) is 0 Å². The summed E-state index contributed by atoms with van der Waals surface area (Å²) >= 11 is 0. The predicted molar refractivity (Wildman–Crippen MR) is 53.8 cm³/mol. The van der Waals surface area contributed by atoms with E-state index in [2.05, 4.69) is 0 Å². The molecule has 0 unspecified atom stereocenters. The summed E-state index contributed by atoms with van der Waals surface area (Å²) in [7, 11) is 0. The zero-order chi connectivity index (χ0) is 10.2. The van der Waals surface area contributed by atoms with Crippen LogP contribution in [0.25, 0.3) is 0 Å². The van der Waals surface area contributed by atoms with Crippen molar-refractivity contribution in [2.24, 2.45) is 0 Å². The Morgan fingerprint density at radius 1 is 1.29 bits per heavy atom. The number of benzene rings is 1. The smallest absolute Gasteiger partial charge is 0.157 e. The van der Waals surface area contributed by atoms with Gasteiger partial charge in [0.15, 0.2) is 6.29 Å². The molecule has 0 saturated heterocycles. The number of rotatable bonds is 6. The predicted octanol–water partition coefficient (Wildman–Crippen LogP) is 2.05. The van der Waals surface area contributed by atoms with Crippen LogP contribution in [-0.2, 0) is 4.79 Å². The van der Waals surface area contributed by atoms with Crippen LogP contribution < -0.4 is 9.47 Å². The third-order valence-electron chi connectivity index (χ3n) is 1.60. The van der Waals surface area contributed by atoms with E-state index in [1.54, 1.807) is 12.1 Å². The fourth-order valence-corrected chi connectivity index (χ4v) is 1.00. The Hall–Kier alpha value is -1.51. The molecule has 0 spiro atoms. The van der Waals surface area contributed by atoms with E-state index in [-0.39, 0.29) is 6.61 Å². The molecule has 1 aromatic rings. The van der Waals surface area contributed by atoms with Gasteiger partial charge in [-0.2, -0.15) is 0 Å². The van der Waals surface area contributed by atoms with Gasteiger partial charge in [0.05, 0.1) is 6.61 Å². The highest BCUT2D eigenvalue weighted by atomic mass is 16.5. The van der Waals surface area contributed by atoms with E-state index in [9.17, 15) is 4.79 Å². The highest BCUT2D eigenvalue weighted by Gasteiger charge is 1.96. The monoisotopic (exact) mass is 194 g/mol. The summed E-state index contributed by atoms with van der Waals surface area (Å²) in [6.45, 7) is 2.82. The van der Waals surface area contributed by atoms with Crippen molar-refractivity contribution in [3.05, 3.63) is 24.3 Å². The molecule has 0 radical (unpaired) electrons. The van der Waals surface area contributed by atoms with E-state index >= 15 is 0 Å². The number of ether oxygens (including phenoxy) is 2. The lowest BCUT2D eigenvalue weighted by Gasteiger charge is -2.06. The van der Waals surface area contributed by atoms with Crippen LogP contribution in [0.1, 0.15) is 13.3 Å². The molecular weight excluding hydrogens is 180 g/mol. The lowest BCUT2D eigenvalue weighted by molar-refractivity contribution is -0.109. The maximum Gasteiger partial charge on any atom is 0.157 e. The molecular formula is C11H14O3. The molecule has 0 aliphatic carbocycles. The van der Waals surface area contributed by atoms with Crippen molar-refractivity contribution in [1.29, 1.82) is 0 Å². The second kappa shape index (κ2) is 6.02. The highest BCUT2D eigenvalue weighted by Crippen LogP contribution is 2.19. The molecule has 76 valence electrons. The Kier molecular flexibility index (Phi) is 4.55. The Labute approximate surface area is 83.6 Å². The first-order chi connectivity index (χ1) is 6.86. The fourth-order valence-electron chi connectivity index (χ4n) is 1.00. The van der Waals surface area contributed by atoms with Gasteiger partial charge in [-0.15, -0.1) is 0 Å². The van der Waals surface area contributed by atoms with E-state index in [0.29, 0.717) is 12.4 Å². The quantitative estimate of drug-likeness (QED) is 0.650. The number of carbonyl (C=O) groups is 1. The molecule has 3 heteroatoms. The minimum atomic E-state index is 0.0806. The lowest BCUT2D eigenvalue weighted by Crippen LogP contribution is -1.99. The molecule has 0 atom stereocenters. The average Bonchev–Trinajstić information content (AvgIpc) is 2.24. The molecule has 3 nitrogen and oxygen atoms in total. The Bertz CT molecular complexity index is 284. The van der Waals surface area contributed by atoms with Crippen LogP contribution >= 0.6 is 0 Å². The minimum Gasteiger partial charge on any atom is -0.493 e. The number of aldehydes is 1. The molecule has 0 aliphatic heterocycles. The van der Waals surface area contributed by atoms with E-state index < -0.39 is 0 Å². The van der Waals surface area contributed by atoms with Gasteiger partial charge in [-0.05, 0) is 18.6 Å². The van der Waals surface area contributed by atoms with Crippen molar-refractivity contribution in [3.8, 4) is 11.5 Å². The molecule has 0 N–H and O–H groups in total. The van der Waals surface area contributed by atoms with Gasteiger partial charge in [-0.1, -0.05) is 13.0 Å². The van der Waals surface area contributed by atoms with Crippen LogP contribution in [0.3, 0.4) is 0 Å². The van der Waals surface area contributed by atoms with Crippen molar-refractivity contribution >= 4 is 6.29 Å². The van der Waals surface area contributed by atoms with Gasteiger partial charge in [0.2, 0.25) is 0 Å². The maximum absolute atomic E-state index is 10.1. The van der Waals surface area contributed by atoms with Crippen LogP contribution in [-0.4, -0.2) is 19.5 Å². The molecule has 0 aromatic heterocycles. The van der Waals surface area contributed by atoms with Gasteiger partial charge in [-0.25, -0.2) is 0 Å². The van der Waals surface area contributed by atoms with Crippen LogP contribution in [0.2, 0.25) is 0 Å². The summed E-state index contributed by atoms with van der Waals surface area (Å²) in [5, 5.41) is 0. The molecule has 0 saturated carbocycles.